The summed E-state index contributed by atoms with van der Waals surface area (Å²) >= 11 is 1.48. The number of hydrogen-bond donors (Lipinski definition) is 2. The van der Waals surface area contributed by atoms with Gasteiger partial charge >= 0.3 is 0 Å². The molecule has 192 valence electrons. The van der Waals surface area contributed by atoms with Gasteiger partial charge in [0, 0.05) is 36.7 Å². The van der Waals surface area contributed by atoms with E-state index in [0.717, 1.165) is 30.7 Å². The molecule has 34 heavy (non-hydrogen) atoms. The quantitative estimate of drug-likeness (QED) is 0.406. The molecule has 8 heteroatoms. The van der Waals surface area contributed by atoms with Gasteiger partial charge in [-0.25, -0.2) is 0 Å². The summed E-state index contributed by atoms with van der Waals surface area (Å²) in [5, 5.41) is 7.63. The highest BCUT2D eigenvalue weighted by molar-refractivity contribution is 8.05. The zero-order chi connectivity index (χ0) is 25.8. The van der Waals surface area contributed by atoms with Crippen LogP contribution in [0.3, 0.4) is 0 Å². The zero-order valence-electron chi connectivity index (χ0n) is 22.0. The lowest BCUT2D eigenvalue weighted by Gasteiger charge is -2.38. The molecule has 0 aromatic heterocycles. The lowest BCUT2D eigenvalue weighted by Crippen LogP contribution is -2.57. The summed E-state index contributed by atoms with van der Waals surface area (Å²) in [7, 11) is 1.70. The molecule has 0 bridgehead atoms. The maximum Gasteiger partial charge on any atom is 0.246 e. The van der Waals surface area contributed by atoms with Crippen LogP contribution in [0, 0.1) is 5.92 Å². The molecule has 1 heterocycles. The number of hydrogen-bond acceptors (Lipinski definition) is 5. The molecule has 0 radical (unpaired) electrons. The molecule has 0 saturated carbocycles. The van der Waals surface area contributed by atoms with Crippen LogP contribution in [-0.2, 0) is 14.4 Å². The van der Waals surface area contributed by atoms with Crippen LogP contribution in [0.2, 0.25) is 0 Å². The van der Waals surface area contributed by atoms with Crippen LogP contribution in [-0.4, -0.2) is 72.3 Å². The van der Waals surface area contributed by atoms with Crippen LogP contribution in [0.1, 0.15) is 60.8 Å². The highest BCUT2D eigenvalue weighted by atomic mass is 32.2. The summed E-state index contributed by atoms with van der Waals surface area (Å²) < 4.78 is 0. The number of nitrogens with one attached hydrogen (secondary N) is 2. The molecule has 0 aromatic rings. The van der Waals surface area contributed by atoms with Crippen molar-refractivity contribution < 1.29 is 14.4 Å². The van der Waals surface area contributed by atoms with Crippen molar-refractivity contribution in [2.45, 2.75) is 78.9 Å². The summed E-state index contributed by atoms with van der Waals surface area (Å²) in [4.78, 5) is 43.5. The predicted octanol–water partition coefficient (Wildman–Crippen LogP) is 3.69. The molecule has 1 fully saturated rings. The standard InChI is InChI=1S/C26H44N4O3S/c1-9-21(34-10-2)17-27-24(31)20(7)14-16-29(8)26(33)23(18(3)4)28-25(32)22-13-11-12-15-30(22)19(5)6/h9-10,14,18-19,22-23H,2,11-13,15-17H2,1,3-8H3,(H,27,31)(H,28,32)/b20-14+,21-9-. The molecular weight excluding hydrogens is 448 g/mol. The molecule has 1 rings (SSSR count). The van der Waals surface area contributed by atoms with Gasteiger partial charge in [0.2, 0.25) is 17.7 Å². The predicted molar refractivity (Wildman–Crippen MR) is 142 cm³/mol. The SMILES string of the molecule is C=CS/C(=C\C)CNC(=O)/C(C)=C/CN(C)C(=O)C(NC(=O)C1CCCCN1C(C)C)C(C)C. The fraction of sp³-hybridized carbons (Fsp3) is 0.654. The normalized spacial score (nSPS) is 18.6. The molecular formula is C26H44N4O3S. The minimum Gasteiger partial charge on any atom is -0.348 e. The smallest absolute Gasteiger partial charge is 0.246 e. The Kier molecular flexibility index (Phi) is 13.3. The number of nitrogens with zero attached hydrogens (tertiary/aromatic N) is 2. The second-order valence-electron chi connectivity index (χ2n) is 9.40. The van der Waals surface area contributed by atoms with E-state index in [-0.39, 0.29) is 42.3 Å². The Balaban J connectivity index is 2.75. The van der Waals surface area contributed by atoms with Crippen LogP contribution < -0.4 is 10.6 Å². The highest BCUT2D eigenvalue weighted by Crippen LogP contribution is 2.20. The van der Waals surface area contributed by atoms with Crippen LogP contribution in [0.25, 0.3) is 0 Å². The van der Waals surface area contributed by atoms with E-state index in [2.05, 4.69) is 36.0 Å². The maximum atomic E-state index is 13.2. The monoisotopic (exact) mass is 492 g/mol. The summed E-state index contributed by atoms with van der Waals surface area (Å²) in [5.74, 6) is -0.454. The summed E-state index contributed by atoms with van der Waals surface area (Å²) in [5.41, 5.74) is 0.540. The van der Waals surface area contributed by atoms with E-state index in [1.807, 2.05) is 26.8 Å². The van der Waals surface area contributed by atoms with Gasteiger partial charge < -0.3 is 15.5 Å². The van der Waals surface area contributed by atoms with Crippen LogP contribution in [0.15, 0.2) is 34.6 Å². The van der Waals surface area contributed by atoms with Crippen LogP contribution in [0.4, 0.5) is 0 Å². The van der Waals surface area contributed by atoms with Gasteiger partial charge in [-0.15, -0.1) is 11.8 Å². The van der Waals surface area contributed by atoms with Gasteiger partial charge in [0.15, 0.2) is 0 Å². The first-order valence-corrected chi connectivity index (χ1v) is 13.1. The molecule has 2 N–H and O–H groups in total. The first-order valence-electron chi connectivity index (χ1n) is 12.2. The molecule has 0 spiro atoms. The summed E-state index contributed by atoms with van der Waals surface area (Å²) in [6, 6.07) is -0.519. The number of likely N-dealkylation sites (tertiary alicyclic amines) is 1. The number of rotatable bonds is 12. The van der Waals surface area contributed by atoms with Gasteiger partial charge in [0.1, 0.15) is 6.04 Å². The van der Waals surface area contributed by atoms with Gasteiger partial charge in [-0.3, -0.25) is 19.3 Å². The van der Waals surface area contributed by atoms with E-state index in [9.17, 15) is 14.4 Å². The minimum atomic E-state index is -0.607. The Hall–Kier alpha value is -2.06. The number of allylic oxidation sites excluding steroid dienone is 1. The van der Waals surface area contributed by atoms with E-state index in [0.29, 0.717) is 12.1 Å². The third-order valence-corrected chi connectivity index (χ3v) is 6.98. The first-order chi connectivity index (χ1) is 16.0. The molecule has 1 aliphatic rings. The van der Waals surface area contributed by atoms with Crippen molar-refractivity contribution in [2.24, 2.45) is 5.92 Å². The fourth-order valence-corrected chi connectivity index (χ4v) is 4.44. The number of thioether (sulfide) groups is 1. The van der Waals surface area contributed by atoms with Crippen molar-refractivity contribution in [2.75, 3.05) is 26.7 Å². The van der Waals surface area contributed by atoms with Gasteiger partial charge in [0.25, 0.3) is 0 Å². The number of carbonyl (C=O) groups excluding carboxylic acids is 3. The van der Waals surface area contributed by atoms with Gasteiger partial charge in [-0.2, -0.15) is 0 Å². The lowest BCUT2D eigenvalue weighted by molar-refractivity contribution is -0.138. The Labute approximate surface area is 210 Å². The molecule has 2 unspecified atom stereocenters. The minimum absolute atomic E-state index is 0.0509. The molecule has 1 aliphatic heterocycles. The Morgan fingerprint density at radius 3 is 2.44 bits per heavy atom. The van der Waals surface area contributed by atoms with Gasteiger partial charge in [-0.05, 0) is 58.4 Å². The Bertz CT molecular complexity index is 776. The number of carbonyl (C=O) groups is 3. The Morgan fingerprint density at radius 2 is 1.88 bits per heavy atom. The summed E-state index contributed by atoms with van der Waals surface area (Å²) in [6.45, 7) is 17.0. The van der Waals surface area contributed by atoms with Crippen molar-refractivity contribution in [1.29, 1.82) is 0 Å². The van der Waals surface area contributed by atoms with Gasteiger partial charge in [-0.1, -0.05) is 39.0 Å². The van der Waals surface area contributed by atoms with Crippen LogP contribution in [0.5, 0.6) is 0 Å². The summed E-state index contributed by atoms with van der Waals surface area (Å²) in [6.07, 6.45) is 6.61. The van der Waals surface area contributed by atoms with Crippen molar-refractivity contribution in [1.82, 2.24) is 20.4 Å². The fourth-order valence-electron chi connectivity index (χ4n) is 3.94. The topological polar surface area (TPSA) is 81.8 Å². The molecule has 3 amide bonds. The third-order valence-electron chi connectivity index (χ3n) is 6.13. The van der Waals surface area contributed by atoms with Crippen molar-refractivity contribution >= 4 is 29.5 Å². The number of amides is 3. The van der Waals surface area contributed by atoms with Crippen LogP contribution >= 0.6 is 11.8 Å². The van der Waals surface area contributed by atoms with E-state index in [1.54, 1.807) is 30.4 Å². The molecule has 1 saturated heterocycles. The average Bonchev–Trinajstić information content (AvgIpc) is 2.82. The van der Waals surface area contributed by atoms with E-state index in [4.69, 9.17) is 0 Å². The number of likely N-dealkylation sites (N-methyl/N-ethyl adjacent to an activating group) is 1. The Morgan fingerprint density at radius 1 is 1.21 bits per heavy atom. The largest absolute Gasteiger partial charge is 0.348 e. The second kappa shape index (κ2) is 15.0. The van der Waals surface area contributed by atoms with Gasteiger partial charge in [0.05, 0.1) is 6.04 Å². The van der Waals surface area contributed by atoms with E-state index < -0.39 is 6.04 Å². The van der Waals surface area contributed by atoms with Crippen molar-refractivity contribution in [3.63, 3.8) is 0 Å². The highest BCUT2D eigenvalue weighted by Gasteiger charge is 2.34. The lowest BCUT2D eigenvalue weighted by atomic mass is 9.97. The first kappa shape index (κ1) is 30.0. The third kappa shape index (κ3) is 9.29. The second-order valence-corrected chi connectivity index (χ2v) is 10.5. The zero-order valence-corrected chi connectivity index (χ0v) is 22.8. The maximum absolute atomic E-state index is 13.2. The van der Waals surface area contributed by atoms with Crippen molar-refractivity contribution in [3.05, 3.63) is 34.6 Å². The molecule has 7 nitrogen and oxygen atoms in total. The van der Waals surface area contributed by atoms with Crippen molar-refractivity contribution in [3.8, 4) is 0 Å². The number of piperidine rings is 1. The van der Waals surface area contributed by atoms with E-state index >= 15 is 0 Å². The molecule has 2 atom stereocenters. The average molecular weight is 493 g/mol. The van der Waals surface area contributed by atoms with E-state index in [1.165, 1.54) is 11.8 Å². The molecule has 0 aliphatic carbocycles. The molecule has 0 aromatic carbocycles.